The SMILES string of the molecule is COc1cc2c(Oc3ccc(NC(=O)NC(=O)Cc4ccccc4)cc3F)ccnc2cc1OCC(O)CN1CCCCC1. The van der Waals surface area contributed by atoms with E-state index in [2.05, 4.69) is 20.5 Å². The molecule has 2 heterocycles. The largest absolute Gasteiger partial charge is 0.493 e. The molecule has 1 aromatic heterocycles. The topological polar surface area (TPSA) is 122 Å². The van der Waals surface area contributed by atoms with E-state index in [1.165, 1.54) is 31.9 Å². The van der Waals surface area contributed by atoms with Gasteiger partial charge in [0.2, 0.25) is 5.91 Å². The number of hydrogen-bond acceptors (Lipinski definition) is 8. The fourth-order valence-electron chi connectivity index (χ4n) is 5.06. The molecule has 3 N–H and O–H groups in total. The van der Waals surface area contributed by atoms with Crippen LogP contribution in [0.5, 0.6) is 23.0 Å². The third-order valence-corrected chi connectivity index (χ3v) is 7.21. The molecular formula is C33H35FN4O6. The molecule has 5 rings (SSSR count). The van der Waals surface area contributed by atoms with E-state index in [0.717, 1.165) is 37.6 Å². The van der Waals surface area contributed by atoms with Crippen LogP contribution in [0.2, 0.25) is 0 Å². The molecule has 0 bridgehead atoms. The van der Waals surface area contributed by atoms with Gasteiger partial charge in [0.05, 0.1) is 19.0 Å². The number of halogens is 1. The lowest BCUT2D eigenvalue weighted by Gasteiger charge is -2.28. The summed E-state index contributed by atoms with van der Waals surface area (Å²) in [6.07, 6.45) is 4.42. The van der Waals surface area contributed by atoms with Crippen molar-refractivity contribution in [3.05, 3.63) is 84.3 Å². The second kappa shape index (κ2) is 14.6. The highest BCUT2D eigenvalue weighted by Crippen LogP contribution is 2.38. The molecule has 3 amide bonds. The summed E-state index contributed by atoms with van der Waals surface area (Å²) in [5.41, 5.74) is 1.43. The van der Waals surface area contributed by atoms with Gasteiger partial charge in [-0.3, -0.25) is 15.1 Å². The molecule has 230 valence electrons. The molecule has 11 heteroatoms. The van der Waals surface area contributed by atoms with E-state index < -0.39 is 23.9 Å². The molecule has 1 aliphatic rings. The first kappa shape index (κ1) is 30.7. The first-order chi connectivity index (χ1) is 21.4. The Kier molecular flexibility index (Phi) is 10.2. The number of urea groups is 1. The van der Waals surface area contributed by atoms with Crippen molar-refractivity contribution in [2.75, 3.05) is 38.7 Å². The van der Waals surface area contributed by atoms with Gasteiger partial charge in [0.25, 0.3) is 0 Å². The van der Waals surface area contributed by atoms with Gasteiger partial charge in [-0.15, -0.1) is 0 Å². The lowest BCUT2D eigenvalue weighted by molar-refractivity contribution is -0.119. The fraction of sp³-hybridized carbons (Fsp3) is 0.303. The Balaban J connectivity index is 1.22. The number of amides is 3. The second-order valence-corrected chi connectivity index (χ2v) is 10.6. The molecule has 0 radical (unpaired) electrons. The zero-order valence-electron chi connectivity index (χ0n) is 24.4. The third-order valence-electron chi connectivity index (χ3n) is 7.21. The summed E-state index contributed by atoms with van der Waals surface area (Å²) < 4.78 is 32.4. The number of ether oxygens (including phenoxy) is 3. The summed E-state index contributed by atoms with van der Waals surface area (Å²) in [5.74, 6) is -0.135. The first-order valence-corrected chi connectivity index (χ1v) is 14.5. The van der Waals surface area contributed by atoms with E-state index >= 15 is 4.39 Å². The average Bonchev–Trinajstić information content (AvgIpc) is 3.02. The van der Waals surface area contributed by atoms with Gasteiger partial charge in [-0.25, -0.2) is 9.18 Å². The summed E-state index contributed by atoms with van der Waals surface area (Å²) >= 11 is 0. The van der Waals surface area contributed by atoms with Gasteiger partial charge in [-0.1, -0.05) is 36.8 Å². The van der Waals surface area contributed by atoms with Gasteiger partial charge in [0, 0.05) is 35.9 Å². The zero-order valence-corrected chi connectivity index (χ0v) is 24.4. The number of carbonyl (C=O) groups excluding carboxylic acids is 2. The highest BCUT2D eigenvalue weighted by Gasteiger charge is 2.18. The van der Waals surface area contributed by atoms with E-state index in [1.54, 1.807) is 42.5 Å². The van der Waals surface area contributed by atoms with Crippen molar-refractivity contribution in [1.82, 2.24) is 15.2 Å². The Morgan fingerprint density at radius 3 is 2.52 bits per heavy atom. The fourth-order valence-corrected chi connectivity index (χ4v) is 5.06. The van der Waals surface area contributed by atoms with Crippen LogP contribution in [0.25, 0.3) is 10.9 Å². The van der Waals surface area contributed by atoms with Crippen molar-refractivity contribution in [2.24, 2.45) is 0 Å². The number of nitrogens with zero attached hydrogens (tertiary/aromatic N) is 2. The predicted octanol–water partition coefficient (Wildman–Crippen LogP) is 5.29. The second-order valence-electron chi connectivity index (χ2n) is 10.6. The van der Waals surface area contributed by atoms with E-state index in [1.807, 2.05) is 6.07 Å². The first-order valence-electron chi connectivity index (χ1n) is 14.5. The molecule has 0 spiro atoms. The molecule has 0 aliphatic carbocycles. The smallest absolute Gasteiger partial charge is 0.325 e. The Labute approximate surface area is 254 Å². The molecule has 1 unspecified atom stereocenters. The number of pyridine rings is 1. The highest BCUT2D eigenvalue weighted by molar-refractivity contribution is 6.01. The molecule has 44 heavy (non-hydrogen) atoms. The minimum absolute atomic E-state index is 0.0361. The summed E-state index contributed by atoms with van der Waals surface area (Å²) in [6.45, 7) is 2.60. The number of imide groups is 1. The maximum absolute atomic E-state index is 15.0. The van der Waals surface area contributed by atoms with Crippen LogP contribution in [0.4, 0.5) is 14.9 Å². The number of piperidine rings is 1. The number of anilines is 1. The van der Waals surface area contributed by atoms with Crippen molar-refractivity contribution in [3.8, 4) is 23.0 Å². The maximum Gasteiger partial charge on any atom is 0.325 e. The van der Waals surface area contributed by atoms with Crippen LogP contribution >= 0.6 is 0 Å². The Morgan fingerprint density at radius 1 is 0.977 bits per heavy atom. The molecule has 4 aromatic rings. The van der Waals surface area contributed by atoms with E-state index in [9.17, 15) is 14.7 Å². The number of aliphatic hydroxyl groups is 1. The summed E-state index contributed by atoms with van der Waals surface area (Å²) in [7, 11) is 1.51. The third kappa shape index (κ3) is 8.21. The number of nitrogens with one attached hydrogen (secondary N) is 2. The van der Waals surface area contributed by atoms with E-state index in [0.29, 0.717) is 34.7 Å². The van der Waals surface area contributed by atoms with Crippen molar-refractivity contribution in [2.45, 2.75) is 31.8 Å². The number of hydrogen-bond donors (Lipinski definition) is 3. The van der Waals surface area contributed by atoms with Gasteiger partial charge in [-0.2, -0.15) is 0 Å². The predicted molar refractivity (Wildman–Crippen MR) is 164 cm³/mol. The van der Waals surface area contributed by atoms with E-state index in [-0.39, 0.29) is 24.5 Å². The quantitative estimate of drug-likeness (QED) is 0.212. The van der Waals surface area contributed by atoms with Gasteiger partial charge in [-0.05, 0) is 55.8 Å². The monoisotopic (exact) mass is 602 g/mol. The number of rotatable bonds is 11. The summed E-state index contributed by atoms with van der Waals surface area (Å²) in [6, 6.07) is 17.1. The lowest BCUT2D eigenvalue weighted by atomic mass is 10.1. The number of methoxy groups -OCH3 is 1. The van der Waals surface area contributed by atoms with Crippen molar-refractivity contribution >= 4 is 28.5 Å². The minimum atomic E-state index is -0.775. The molecular weight excluding hydrogens is 567 g/mol. The van der Waals surface area contributed by atoms with Crippen LogP contribution in [0.3, 0.4) is 0 Å². The van der Waals surface area contributed by atoms with Crippen molar-refractivity contribution < 1.29 is 33.3 Å². The van der Waals surface area contributed by atoms with Gasteiger partial charge in [0.15, 0.2) is 23.1 Å². The number of likely N-dealkylation sites (tertiary alicyclic amines) is 1. The Morgan fingerprint density at radius 2 is 1.77 bits per heavy atom. The number of aliphatic hydroxyl groups excluding tert-OH is 1. The minimum Gasteiger partial charge on any atom is -0.493 e. The Hall–Kier alpha value is -4.74. The molecule has 3 aromatic carbocycles. The van der Waals surface area contributed by atoms with Crippen LogP contribution in [0, 0.1) is 5.82 Å². The van der Waals surface area contributed by atoms with Crippen molar-refractivity contribution in [3.63, 3.8) is 0 Å². The number of carbonyl (C=O) groups is 2. The molecule has 1 aliphatic heterocycles. The summed E-state index contributed by atoms with van der Waals surface area (Å²) in [4.78, 5) is 31.1. The maximum atomic E-state index is 15.0. The average molecular weight is 603 g/mol. The molecule has 1 atom stereocenters. The van der Waals surface area contributed by atoms with Crippen LogP contribution in [0.15, 0.2) is 72.9 Å². The highest BCUT2D eigenvalue weighted by atomic mass is 19.1. The molecule has 0 saturated carbocycles. The van der Waals surface area contributed by atoms with Crippen LogP contribution < -0.4 is 24.8 Å². The number of β-amino-alcohol motifs (C(OH)–C–C–N with tert-alkyl or cyclic N) is 1. The van der Waals surface area contributed by atoms with E-state index in [4.69, 9.17) is 14.2 Å². The Bertz CT molecular complexity index is 1600. The van der Waals surface area contributed by atoms with Crippen LogP contribution in [-0.4, -0.2) is 66.4 Å². The number of fused-ring (bicyclic) bond motifs is 1. The lowest BCUT2D eigenvalue weighted by Crippen LogP contribution is -2.38. The van der Waals surface area contributed by atoms with Gasteiger partial charge >= 0.3 is 6.03 Å². The number of benzene rings is 3. The van der Waals surface area contributed by atoms with Crippen LogP contribution in [-0.2, 0) is 11.2 Å². The van der Waals surface area contributed by atoms with Gasteiger partial charge in [0.1, 0.15) is 18.5 Å². The van der Waals surface area contributed by atoms with Crippen molar-refractivity contribution in [1.29, 1.82) is 0 Å². The normalized spacial score (nSPS) is 14.1. The standard InChI is InChI=1S/C33H35FN4O6/c1-42-30-18-25-27(19-31(30)43-21-24(39)20-38-14-6-3-7-15-38)35-13-12-28(25)44-29-11-10-23(17-26(29)34)36-33(41)37-32(40)16-22-8-4-2-5-9-22/h2,4-5,8-13,17-19,24,39H,3,6-7,14-16,20-21H2,1H3,(H2,36,37,40,41). The molecule has 1 fully saturated rings. The zero-order chi connectivity index (χ0) is 30.9. The molecule has 10 nitrogen and oxygen atoms in total. The number of aromatic nitrogens is 1. The van der Waals surface area contributed by atoms with Crippen LogP contribution in [0.1, 0.15) is 24.8 Å². The summed E-state index contributed by atoms with van der Waals surface area (Å²) in [5, 5.41) is 15.8. The molecule has 1 saturated heterocycles. The van der Waals surface area contributed by atoms with Gasteiger partial charge < -0.3 is 29.5 Å².